The number of sulfone groups is 1. The summed E-state index contributed by atoms with van der Waals surface area (Å²) < 4.78 is 32.3. The zero-order chi connectivity index (χ0) is 11.6. The summed E-state index contributed by atoms with van der Waals surface area (Å²) in [7, 11) is 0.205. The minimum Gasteiger partial charge on any atom is -0.384 e. The van der Waals surface area contributed by atoms with Gasteiger partial charge in [-0.05, 0) is 13.0 Å². The minimum atomic E-state index is -2.93. The molecule has 0 saturated heterocycles. The van der Waals surface area contributed by atoms with Crippen molar-refractivity contribution in [3.05, 3.63) is 0 Å². The van der Waals surface area contributed by atoms with Gasteiger partial charge in [0.1, 0.15) is 0 Å². The van der Waals surface area contributed by atoms with E-state index >= 15 is 0 Å². The first-order chi connectivity index (χ1) is 7.12. The Hall–Kier alpha value is -0.170. The van der Waals surface area contributed by atoms with Crippen LogP contribution in [0.25, 0.3) is 0 Å². The van der Waals surface area contributed by atoms with Crippen LogP contribution in [0.1, 0.15) is 6.42 Å². The molecule has 0 aromatic rings. The van der Waals surface area contributed by atoms with Crippen LogP contribution < -0.4 is 5.32 Å². The van der Waals surface area contributed by atoms with Gasteiger partial charge in [0, 0.05) is 20.8 Å². The lowest BCUT2D eigenvalue weighted by atomic mass is 10.5. The summed E-state index contributed by atoms with van der Waals surface area (Å²) in [4.78, 5) is 0. The summed E-state index contributed by atoms with van der Waals surface area (Å²) in [5.74, 6) is 0.331. The lowest BCUT2D eigenvalue weighted by Gasteiger charge is -2.05. The number of rotatable bonds is 10. The predicted octanol–water partition coefficient (Wildman–Crippen LogP) is -0.326. The van der Waals surface area contributed by atoms with Crippen LogP contribution in [0.3, 0.4) is 0 Å². The van der Waals surface area contributed by atoms with Crippen molar-refractivity contribution in [3.63, 3.8) is 0 Å². The van der Waals surface area contributed by atoms with Crippen LogP contribution in [0.2, 0.25) is 0 Å². The van der Waals surface area contributed by atoms with Crippen LogP contribution in [0.4, 0.5) is 0 Å². The number of ether oxygens (including phenoxy) is 2. The maximum absolute atomic E-state index is 11.3. The van der Waals surface area contributed by atoms with Crippen molar-refractivity contribution in [3.8, 4) is 0 Å². The Labute approximate surface area is 92.1 Å². The topological polar surface area (TPSA) is 64.6 Å². The largest absolute Gasteiger partial charge is 0.384 e. The molecule has 0 aromatic carbocycles. The minimum absolute atomic E-state index is 0.113. The second-order valence-corrected chi connectivity index (χ2v) is 5.54. The monoisotopic (exact) mass is 239 g/mol. The summed E-state index contributed by atoms with van der Waals surface area (Å²) >= 11 is 0. The SMILES string of the molecule is COCCNCCCS(=O)(=O)CCOC. The van der Waals surface area contributed by atoms with Crippen molar-refractivity contribution in [1.82, 2.24) is 5.32 Å². The predicted molar refractivity (Wildman–Crippen MR) is 59.9 cm³/mol. The third-order valence-corrected chi connectivity index (χ3v) is 3.59. The maximum Gasteiger partial charge on any atom is 0.152 e. The molecule has 1 N–H and O–H groups in total. The van der Waals surface area contributed by atoms with Crippen molar-refractivity contribution in [2.24, 2.45) is 0 Å². The summed E-state index contributed by atoms with van der Waals surface area (Å²) in [6.07, 6.45) is 0.635. The van der Waals surface area contributed by atoms with E-state index in [1.54, 1.807) is 7.11 Å². The van der Waals surface area contributed by atoms with Crippen LogP contribution in [0.5, 0.6) is 0 Å². The molecule has 6 heteroatoms. The van der Waals surface area contributed by atoms with E-state index in [0.717, 1.165) is 6.54 Å². The first-order valence-electron chi connectivity index (χ1n) is 5.01. The smallest absolute Gasteiger partial charge is 0.152 e. The van der Waals surface area contributed by atoms with Crippen molar-refractivity contribution in [1.29, 1.82) is 0 Å². The Balaban J connectivity index is 3.41. The fourth-order valence-corrected chi connectivity index (χ4v) is 2.24. The fraction of sp³-hybridized carbons (Fsp3) is 1.00. The van der Waals surface area contributed by atoms with E-state index in [2.05, 4.69) is 5.32 Å². The van der Waals surface area contributed by atoms with Gasteiger partial charge < -0.3 is 14.8 Å². The van der Waals surface area contributed by atoms with Gasteiger partial charge in [0.25, 0.3) is 0 Å². The Morgan fingerprint density at radius 3 is 2.27 bits per heavy atom. The molecule has 0 bridgehead atoms. The molecule has 0 heterocycles. The summed E-state index contributed by atoms with van der Waals surface area (Å²) in [6, 6.07) is 0. The summed E-state index contributed by atoms with van der Waals surface area (Å²) in [5.41, 5.74) is 0. The van der Waals surface area contributed by atoms with Gasteiger partial charge in [-0.15, -0.1) is 0 Å². The third kappa shape index (κ3) is 10.1. The van der Waals surface area contributed by atoms with Crippen LogP contribution in [0, 0.1) is 0 Å². The van der Waals surface area contributed by atoms with E-state index in [9.17, 15) is 8.42 Å². The number of nitrogens with one attached hydrogen (secondary N) is 1. The van der Waals surface area contributed by atoms with Gasteiger partial charge in [-0.25, -0.2) is 8.42 Å². The molecule has 0 spiro atoms. The highest BCUT2D eigenvalue weighted by atomic mass is 32.2. The molecule has 0 rings (SSSR count). The van der Waals surface area contributed by atoms with Crippen LogP contribution in [0.15, 0.2) is 0 Å². The quantitative estimate of drug-likeness (QED) is 0.529. The van der Waals surface area contributed by atoms with Gasteiger partial charge in [0.05, 0.1) is 24.7 Å². The summed E-state index contributed by atoms with van der Waals surface area (Å²) in [6.45, 7) is 2.39. The average molecular weight is 239 g/mol. The molecule has 0 aliphatic rings. The molecular formula is C9H21NO4S. The van der Waals surface area contributed by atoms with E-state index in [1.165, 1.54) is 7.11 Å². The van der Waals surface area contributed by atoms with E-state index in [1.807, 2.05) is 0 Å². The molecule has 0 radical (unpaired) electrons. The molecule has 92 valence electrons. The molecule has 0 aliphatic carbocycles. The van der Waals surface area contributed by atoms with E-state index in [0.29, 0.717) is 19.6 Å². The maximum atomic E-state index is 11.3. The molecule has 0 aliphatic heterocycles. The van der Waals surface area contributed by atoms with Crippen molar-refractivity contribution in [2.45, 2.75) is 6.42 Å². The Kier molecular flexibility index (Phi) is 8.98. The highest BCUT2D eigenvalue weighted by molar-refractivity contribution is 7.91. The average Bonchev–Trinajstić information content (AvgIpc) is 2.20. The van der Waals surface area contributed by atoms with Gasteiger partial charge in [-0.3, -0.25) is 0 Å². The number of hydrogen-bond donors (Lipinski definition) is 1. The van der Waals surface area contributed by atoms with E-state index in [-0.39, 0.29) is 18.1 Å². The van der Waals surface area contributed by atoms with Gasteiger partial charge in [-0.1, -0.05) is 0 Å². The lowest BCUT2D eigenvalue weighted by Crippen LogP contribution is -2.23. The second-order valence-electron chi connectivity index (χ2n) is 3.24. The van der Waals surface area contributed by atoms with Crippen molar-refractivity contribution >= 4 is 9.84 Å². The van der Waals surface area contributed by atoms with Crippen LogP contribution in [-0.2, 0) is 19.3 Å². The van der Waals surface area contributed by atoms with E-state index < -0.39 is 9.84 Å². The normalized spacial score (nSPS) is 11.9. The van der Waals surface area contributed by atoms with Crippen molar-refractivity contribution in [2.75, 3.05) is 52.0 Å². The Morgan fingerprint density at radius 2 is 1.67 bits per heavy atom. The van der Waals surface area contributed by atoms with E-state index in [4.69, 9.17) is 9.47 Å². The van der Waals surface area contributed by atoms with Gasteiger partial charge in [-0.2, -0.15) is 0 Å². The molecule has 0 atom stereocenters. The zero-order valence-corrected chi connectivity index (χ0v) is 10.3. The number of hydrogen-bond acceptors (Lipinski definition) is 5. The molecule has 0 unspecified atom stereocenters. The second kappa shape index (κ2) is 9.08. The standard InChI is InChI=1S/C9H21NO4S/c1-13-6-5-10-4-3-8-15(11,12)9-7-14-2/h10H,3-9H2,1-2H3. The fourth-order valence-electron chi connectivity index (χ4n) is 1.03. The van der Waals surface area contributed by atoms with Crippen LogP contribution in [-0.4, -0.2) is 60.4 Å². The number of methoxy groups -OCH3 is 2. The molecular weight excluding hydrogens is 218 g/mol. The van der Waals surface area contributed by atoms with Crippen molar-refractivity contribution < 1.29 is 17.9 Å². The Morgan fingerprint density at radius 1 is 1.00 bits per heavy atom. The Bertz CT molecular complexity index is 228. The molecule has 5 nitrogen and oxygen atoms in total. The van der Waals surface area contributed by atoms with Gasteiger partial charge in [0.2, 0.25) is 0 Å². The lowest BCUT2D eigenvalue weighted by molar-refractivity contribution is 0.199. The molecule has 0 fully saturated rings. The first kappa shape index (κ1) is 14.8. The third-order valence-electron chi connectivity index (χ3n) is 1.89. The van der Waals surface area contributed by atoms with Crippen LogP contribution >= 0.6 is 0 Å². The summed E-state index contributed by atoms with van der Waals surface area (Å²) in [5, 5.41) is 3.09. The molecule has 0 aromatic heterocycles. The first-order valence-corrected chi connectivity index (χ1v) is 6.83. The highest BCUT2D eigenvalue weighted by Gasteiger charge is 2.09. The van der Waals surface area contributed by atoms with Gasteiger partial charge >= 0.3 is 0 Å². The highest BCUT2D eigenvalue weighted by Crippen LogP contribution is 1.93. The van der Waals surface area contributed by atoms with Gasteiger partial charge in [0.15, 0.2) is 9.84 Å². The zero-order valence-electron chi connectivity index (χ0n) is 9.49. The molecule has 0 amide bonds. The molecule has 0 saturated carbocycles. The molecule has 15 heavy (non-hydrogen) atoms.